The van der Waals surface area contributed by atoms with E-state index < -0.39 is 0 Å². The Morgan fingerprint density at radius 2 is 1.82 bits per heavy atom. The molecule has 2 heteroatoms. The summed E-state index contributed by atoms with van der Waals surface area (Å²) in [6, 6.07) is 0.525. The Bertz CT molecular complexity index is 132. The van der Waals surface area contributed by atoms with E-state index in [1.807, 2.05) is 14.0 Å². The fourth-order valence-electron chi connectivity index (χ4n) is 0.771. The van der Waals surface area contributed by atoms with Gasteiger partial charge in [0.25, 0.3) is 0 Å². The second-order valence-corrected chi connectivity index (χ2v) is 3.55. The Morgan fingerprint density at radius 1 is 1.36 bits per heavy atom. The van der Waals surface area contributed by atoms with E-state index in [2.05, 4.69) is 18.7 Å². The quantitative estimate of drug-likeness (QED) is 0.617. The molecule has 0 fully saturated rings. The summed E-state index contributed by atoms with van der Waals surface area (Å²) in [5.41, 5.74) is 0. The molecule has 2 nitrogen and oxygen atoms in total. The highest BCUT2D eigenvalue weighted by Crippen LogP contribution is 2.02. The Hall–Kier alpha value is -0.370. The topological polar surface area (TPSA) is 20.3 Å². The molecule has 0 unspecified atom stereocenters. The molecular formula is C9H19NO. The fourth-order valence-corrected chi connectivity index (χ4v) is 0.771. The predicted octanol–water partition coefficient (Wildman–Crippen LogP) is 1.55. The monoisotopic (exact) mass is 157 g/mol. The lowest BCUT2D eigenvalue weighted by atomic mass is 10.1. The van der Waals surface area contributed by atoms with Gasteiger partial charge in [-0.2, -0.15) is 0 Å². The second-order valence-electron chi connectivity index (χ2n) is 3.55. The first-order chi connectivity index (χ1) is 4.95. The summed E-state index contributed by atoms with van der Waals surface area (Å²) in [6.07, 6.45) is 0. The van der Waals surface area contributed by atoms with Crippen LogP contribution in [0.15, 0.2) is 0 Å². The normalized spacial score (nSPS) is 14.1. The molecule has 0 spiro atoms. The first kappa shape index (κ1) is 10.6. The van der Waals surface area contributed by atoms with Crippen molar-refractivity contribution in [3.8, 4) is 0 Å². The Morgan fingerprint density at radius 3 is 2.09 bits per heavy atom. The Balaban J connectivity index is 3.75. The minimum Gasteiger partial charge on any atom is -0.303 e. The molecule has 0 aliphatic rings. The van der Waals surface area contributed by atoms with Gasteiger partial charge in [-0.1, -0.05) is 6.92 Å². The average Bonchev–Trinajstić information content (AvgIpc) is 1.87. The molecule has 0 bridgehead atoms. The maximum absolute atomic E-state index is 10.9. The Labute approximate surface area is 69.6 Å². The number of rotatable bonds is 4. The molecule has 0 N–H and O–H groups in total. The van der Waals surface area contributed by atoms with Gasteiger partial charge >= 0.3 is 0 Å². The number of carbonyl (C=O) groups excluding carboxylic acids is 1. The zero-order valence-corrected chi connectivity index (χ0v) is 8.22. The van der Waals surface area contributed by atoms with Gasteiger partial charge < -0.3 is 4.90 Å². The summed E-state index contributed by atoms with van der Waals surface area (Å²) in [5, 5.41) is 0. The van der Waals surface area contributed by atoms with Crippen LogP contribution in [0, 0.1) is 5.92 Å². The van der Waals surface area contributed by atoms with Crippen molar-refractivity contribution in [1.29, 1.82) is 0 Å². The molecular weight excluding hydrogens is 138 g/mol. The molecule has 1 atom stereocenters. The lowest BCUT2D eigenvalue weighted by molar-refractivity contribution is -0.120. The number of ketones is 1. The SMILES string of the molecule is CC(=O)[C@H](C)CN(C)C(C)C. The van der Waals surface area contributed by atoms with Crippen LogP contribution >= 0.6 is 0 Å². The smallest absolute Gasteiger partial charge is 0.133 e. The minimum atomic E-state index is 0.169. The van der Waals surface area contributed by atoms with Crippen LogP contribution in [0.5, 0.6) is 0 Å². The van der Waals surface area contributed by atoms with Crippen molar-refractivity contribution in [3.63, 3.8) is 0 Å². The van der Waals surface area contributed by atoms with E-state index in [0.717, 1.165) is 6.54 Å². The van der Waals surface area contributed by atoms with Crippen LogP contribution in [0.4, 0.5) is 0 Å². The van der Waals surface area contributed by atoms with Crippen LogP contribution < -0.4 is 0 Å². The van der Waals surface area contributed by atoms with Crippen LogP contribution in [0.2, 0.25) is 0 Å². The van der Waals surface area contributed by atoms with E-state index in [-0.39, 0.29) is 11.7 Å². The standard InChI is InChI=1S/C9H19NO/c1-7(2)10(5)6-8(3)9(4)11/h7-8H,6H2,1-5H3/t8-/m1/s1. The van der Waals surface area contributed by atoms with Gasteiger partial charge in [-0.05, 0) is 27.8 Å². The van der Waals surface area contributed by atoms with Crippen molar-refractivity contribution in [3.05, 3.63) is 0 Å². The lowest BCUT2D eigenvalue weighted by Gasteiger charge is -2.23. The summed E-state index contributed by atoms with van der Waals surface area (Å²) >= 11 is 0. The van der Waals surface area contributed by atoms with Crippen LogP contribution in [-0.2, 0) is 4.79 Å². The molecule has 0 heterocycles. The predicted molar refractivity (Wildman–Crippen MR) is 47.6 cm³/mol. The minimum absolute atomic E-state index is 0.169. The third-order valence-corrected chi connectivity index (χ3v) is 2.14. The molecule has 0 saturated heterocycles. The third-order valence-electron chi connectivity index (χ3n) is 2.14. The fraction of sp³-hybridized carbons (Fsp3) is 0.889. The molecule has 0 aliphatic heterocycles. The zero-order chi connectivity index (χ0) is 9.02. The van der Waals surface area contributed by atoms with Gasteiger partial charge in [0.1, 0.15) is 5.78 Å². The summed E-state index contributed by atoms with van der Waals surface area (Å²) < 4.78 is 0. The van der Waals surface area contributed by atoms with Crippen LogP contribution in [0.25, 0.3) is 0 Å². The van der Waals surface area contributed by atoms with Gasteiger partial charge in [-0.25, -0.2) is 0 Å². The molecule has 0 aromatic heterocycles. The number of nitrogens with zero attached hydrogens (tertiary/aromatic N) is 1. The highest BCUT2D eigenvalue weighted by atomic mass is 16.1. The first-order valence-corrected chi connectivity index (χ1v) is 4.15. The highest BCUT2D eigenvalue weighted by Gasteiger charge is 2.11. The van der Waals surface area contributed by atoms with Crippen LogP contribution in [0.3, 0.4) is 0 Å². The average molecular weight is 157 g/mol. The van der Waals surface area contributed by atoms with E-state index in [1.165, 1.54) is 0 Å². The van der Waals surface area contributed by atoms with Crippen LogP contribution in [0.1, 0.15) is 27.7 Å². The molecule has 0 radical (unpaired) electrons. The maximum Gasteiger partial charge on any atom is 0.133 e. The number of hydrogen-bond acceptors (Lipinski definition) is 2. The molecule has 0 aromatic carbocycles. The van der Waals surface area contributed by atoms with Crippen LogP contribution in [-0.4, -0.2) is 30.3 Å². The van der Waals surface area contributed by atoms with Gasteiger partial charge in [-0.15, -0.1) is 0 Å². The Kier molecular flexibility index (Phi) is 4.34. The van der Waals surface area contributed by atoms with Gasteiger partial charge in [0.05, 0.1) is 0 Å². The molecule has 0 saturated carbocycles. The van der Waals surface area contributed by atoms with Gasteiger partial charge in [0.2, 0.25) is 0 Å². The van der Waals surface area contributed by atoms with E-state index >= 15 is 0 Å². The van der Waals surface area contributed by atoms with Crippen molar-refractivity contribution >= 4 is 5.78 Å². The number of Topliss-reactive ketones (excluding diaryl/α,β-unsaturated/α-hetero) is 1. The molecule has 11 heavy (non-hydrogen) atoms. The van der Waals surface area contributed by atoms with Gasteiger partial charge in [0, 0.05) is 18.5 Å². The summed E-state index contributed by atoms with van der Waals surface area (Å²) in [5.74, 6) is 0.444. The van der Waals surface area contributed by atoms with Crippen molar-refractivity contribution in [1.82, 2.24) is 4.90 Å². The van der Waals surface area contributed by atoms with Crippen molar-refractivity contribution < 1.29 is 4.79 Å². The van der Waals surface area contributed by atoms with Crippen molar-refractivity contribution in [2.45, 2.75) is 33.7 Å². The summed E-state index contributed by atoms with van der Waals surface area (Å²) in [6.45, 7) is 8.76. The highest BCUT2D eigenvalue weighted by molar-refractivity contribution is 5.78. The van der Waals surface area contributed by atoms with Crippen molar-refractivity contribution in [2.75, 3.05) is 13.6 Å². The van der Waals surface area contributed by atoms with E-state index in [0.29, 0.717) is 6.04 Å². The first-order valence-electron chi connectivity index (χ1n) is 4.15. The molecule has 0 rings (SSSR count). The van der Waals surface area contributed by atoms with E-state index in [4.69, 9.17) is 0 Å². The molecule has 66 valence electrons. The van der Waals surface area contributed by atoms with Gasteiger partial charge in [-0.3, -0.25) is 4.79 Å². The van der Waals surface area contributed by atoms with E-state index in [1.54, 1.807) is 6.92 Å². The second kappa shape index (κ2) is 4.50. The molecule has 0 aliphatic carbocycles. The van der Waals surface area contributed by atoms with E-state index in [9.17, 15) is 4.79 Å². The maximum atomic E-state index is 10.9. The lowest BCUT2D eigenvalue weighted by Crippen LogP contribution is -2.32. The molecule has 0 aromatic rings. The number of hydrogen-bond donors (Lipinski definition) is 0. The molecule has 0 amide bonds. The van der Waals surface area contributed by atoms with Gasteiger partial charge in [0.15, 0.2) is 0 Å². The largest absolute Gasteiger partial charge is 0.303 e. The zero-order valence-electron chi connectivity index (χ0n) is 8.22. The summed E-state index contributed by atoms with van der Waals surface area (Å²) in [4.78, 5) is 13.1. The third kappa shape index (κ3) is 4.14. The summed E-state index contributed by atoms with van der Waals surface area (Å²) in [7, 11) is 2.05. The van der Waals surface area contributed by atoms with Crippen molar-refractivity contribution in [2.24, 2.45) is 5.92 Å². The number of carbonyl (C=O) groups is 1.